The fourth-order valence-corrected chi connectivity index (χ4v) is 2.68. The Morgan fingerprint density at radius 2 is 2.00 bits per heavy atom. The fourth-order valence-electron chi connectivity index (χ4n) is 2.38. The molecular formula is C17H14Cl2N2O2. The van der Waals surface area contributed by atoms with Gasteiger partial charge in [0.05, 0.1) is 23.6 Å². The standard InChI is InChI=1S/C17H14Cl2N2O2/c1-23-12-3-5-16-13(8-12)10(9-20-16)6-17(22)21-11-2-4-14(18)15(19)7-11/h2-5,7-9,20H,6H2,1H3,(H,21,22). The molecule has 2 aromatic carbocycles. The highest BCUT2D eigenvalue weighted by molar-refractivity contribution is 6.42. The maximum atomic E-state index is 12.2. The molecule has 0 aliphatic carbocycles. The summed E-state index contributed by atoms with van der Waals surface area (Å²) in [6.07, 6.45) is 2.08. The van der Waals surface area contributed by atoms with E-state index in [1.165, 1.54) is 0 Å². The number of hydrogen-bond donors (Lipinski definition) is 2. The second-order valence-electron chi connectivity index (χ2n) is 5.08. The highest BCUT2D eigenvalue weighted by Crippen LogP contribution is 2.26. The number of anilines is 1. The van der Waals surface area contributed by atoms with E-state index in [1.54, 1.807) is 25.3 Å². The van der Waals surface area contributed by atoms with Gasteiger partial charge in [0.25, 0.3) is 0 Å². The van der Waals surface area contributed by atoms with Gasteiger partial charge in [0.2, 0.25) is 5.91 Å². The van der Waals surface area contributed by atoms with Crippen LogP contribution in [0.3, 0.4) is 0 Å². The number of H-pyrrole nitrogens is 1. The third-order valence-corrected chi connectivity index (χ3v) is 4.27. The molecule has 2 N–H and O–H groups in total. The lowest BCUT2D eigenvalue weighted by atomic mass is 10.1. The summed E-state index contributed by atoms with van der Waals surface area (Å²) < 4.78 is 5.23. The lowest BCUT2D eigenvalue weighted by Crippen LogP contribution is -2.14. The van der Waals surface area contributed by atoms with Crippen molar-refractivity contribution in [2.24, 2.45) is 0 Å². The molecule has 0 saturated heterocycles. The third-order valence-electron chi connectivity index (χ3n) is 3.53. The van der Waals surface area contributed by atoms with Crippen LogP contribution >= 0.6 is 23.2 Å². The average Bonchev–Trinajstić information content (AvgIpc) is 2.93. The molecular weight excluding hydrogens is 335 g/mol. The summed E-state index contributed by atoms with van der Waals surface area (Å²) in [5, 5.41) is 4.64. The molecule has 0 atom stereocenters. The molecule has 1 aromatic heterocycles. The first-order valence-electron chi connectivity index (χ1n) is 6.95. The molecule has 4 nitrogen and oxygen atoms in total. The number of rotatable bonds is 4. The minimum Gasteiger partial charge on any atom is -0.497 e. The number of methoxy groups -OCH3 is 1. The quantitative estimate of drug-likeness (QED) is 0.720. The van der Waals surface area contributed by atoms with Crippen LogP contribution in [0.5, 0.6) is 5.75 Å². The van der Waals surface area contributed by atoms with Gasteiger partial charge in [-0.3, -0.25) is 4.79 Å². The van der Waals surface area contributed by atoms with Crippen molar-refractivity contribution in [1.82, 2.24) is 4.98 Å². The Morgan fingerprint density at radius 3 is 2.74 bits per heavy atom. The number of benzene rings is 2. The van der Waals surface area contributed by atoms with Crippen LogP contribution in [-0.4, -0.2) is 18.0 Å². The van der Waals surface area contributed by atoms with Crippen molar-refractivity contribution in [3.8, 4) is 5.75 Å². The predicted molar refractivity (Wildman–Crippen MR) is 93.6 cm³/mol. The number of hydrogen-bond acceptors (Lipinski definition) is 2. The maximum absolute atomic E-state index is 12.2. The van der Waals surface area contributed by atoms with Crippen LogP contribution in [0.4, 0.5) is 5.69 Å². The fraction of sp³-hybridized carbons (Fsp3) is 0.118. The molecule has 3 aromatic rings. The van der Waals surface area contributed by atoms with E-state index in [2.05, 4.69) is 10.3 Å². The molecule has 1 heterocycles. The van der Waals surface area contributed by atoms with Gasteiger partial charge in [-0.25, -0.2) is 0 Å². The SMILES string of the molecule is COc1ccc2[nH]cc(CC(=O)Nc3ccc(Cl)c(Cl)c3)c2c1. The molecule has 1 amide bonds. The first-order valence-corrected chi connectivity index (χ1v) is 7.71. The molecule has 118 valence electrons. The number of fused-ring (bicyclic) bond motifs is 1. The summed E-state index contributed by atoms with van der Waals surface area (Å²) in [6.45, 7) is 0. The van der Waals surface area contributed by atoms with Gasteiger partial charge in [-0.15, -0.1) is 0 Å². The molecule has 0 fully saturated rings. The van der Waals surface area contributed by atoms with Gasteiger partial charge in [0.15, 0.2) is 0 Å². The van der Waals surface area contributed by atoms with Crippen molar-refractivity contribution in [3.63, 3.8) is 0 Å². The van der Waals surface area contributed by atoms with Gasteiger partial charge in [-0.1, -0.05) is 23.2 Å². The van der Waals surface area contributed by atoms with E-state index >= 15 is 0 Å². The van der Waals surface area contributed by atoms with Gasteiger partial charge in [-0.05, 0) is 42.0 Å². The van der Waals surface area contributed by atoms with Crippen LogP contribution in [0.2, 0.25) is 10.0 Å². The summed E-state index contributed by atoms with van der Waals surface area (Å²) in [5.41, 5.74) is 2.47. The van der Waals surface area contributed by atoms with Crippen LogP contribution in [-0.2, 0) is 11.2 Å². The minimum atomic E-state index is -0.132. The highest BCUT2D eigenvalue weighted by atomic mass is 35.5. The summed E-state index contributed by atoms with van der Waals surface area (Å²) in [7, 11) is 1.62. The number of carbonyl (C=O) groups excluding carboxylic acids is 1. The van der Waals surface area contributed by atoms with Crippen molar-refractivity contribution >= 4 is 45.7 Å². The Bertz CT molecular complexity index is 874. The Labute approximate surface area is 143 Å². The number of ether oxygens (including phenoxy) is 1. The summed E-state index contributed by atoms with van der Waals surface area (Å²) >= 11 is 11.8. The topological polar surface area (TPSA) is 54.1 Å². The van der Waals surface area contributed by atoms with Crippen molar-refractivity contribution in [1.29, 1.82) is 0 Å². The van der Waals surface area contributed by atoms with E-state index in [-0.39, 0.29) is 12.3 Å². The Balaban J connectivity index is 1.78. The van der Waals surface area contributed by atoms with Crippen molar-refractivity contribution < 1.29 is 9.53 Å². The number of aromatic amines is 1. The third kappa shape index (κ3) is 3.44. The molecule has 6 heteroatoms. The number of halogens is 2. The van der Waals surface area contributed by atoms with Crippen LogP contribution in [0.1, 0.15) is 5.56 Å². The minimum absolute atomic E-state index is 0.132. The van der Waals surface area contributed by atoms with Crippen LogP contribution < -0.4 is 10.1 Å². The number of carbonyl (C=O) groups is 1. The molecule has 0 bridgehead atoms. The van der Waals surface area contributed by atoms with Gasteiger partial charge in [0.1, 0.15) is 5.75 Å². The largest absolute Gasteiger partial charge is 0.497 e. The normalized spacial score (nSPS) is 10.7. The predicted octanol–water partition coefficient (Wildman–Crippen LogP) is 4.66. The van der Waals surface area contributed by atoms with E-state index in [0.717, 1.165) is 22.2 Å². The lowest BCUT2D eigenvalue weighted by Gasteiger charge is -2.06. The molecule has 23 heavy (non-hydrogen) atoms. The molecule has 0 radical (unpaired) electrons. The Morgan fingerprint density at radius 1 is 1.17 bits per heavy atom. The summed E-state index contributed by atoms with van der Waals surface area (Å²) in [6, 6.07) is 10.7. The monoisotopic (exact) mass is 348 g/mol. The first-order chi connectivity index (χ1) is 11.1. The van der Waals surface area contributed by atoms with Gasteiger partial charge in [0, 0.05) is 22.8 Å². The number of amides is 1. The lowest BCUT2D eigenvalue weighted by molar-refractivity contribution is -0.115. The van der Waals surface area contributed by atoms with Crippen LogP contribution in [0.25, 0.3) is 10.9 Å². The maximum Gasteiger partial charge on any atom is 0.228 e. The zero-order valence-electron chi connectivity index (χ0n) is 12.3. The molecule has 0 aliphatic heterocycles. The smallest absolute Gasteiger partial charge is 0.228 e. The molecule has 0 spiro atoms. The average molecular weight is 349 g/mol. The van der Waals surface area contributed by atoms with Gasteiger partial charge >= 0.3 is 0 Å². The molecule has 0 saturated carbocycles. The Kier molecular flexibility index (Phi) is 4.46. The summed E-state index contributed by atoms with van der Waals surface area (Å²) in [5.74, 6) is 0.621. The van der Waals surface area contributed by atoms with Crippen LogP contribution in [0, 0.1) is 0 Å². The molecule has 0 aliphatic rings. The van der Waals surface area contributed by atoms with E-state index in [1.807, 2.05) is 24.4 Å². The van der Waals surface area contributed by atoms with Crippen LogP contribution in [0.15, 0.2) is 42.6 Å². The molecule has 0 unspecified atom stereocenters. The zero-order chi connectivity index (χ0) is 16.4. The van der Waals surface area contributed by atoms with Crippen molar-refractivity contribution in [2.45, 2.75) is 6.42 Å². The second kappa shape index (κ2) is 6.52. The summed E-state index contributed by atoms with van der Waals surface area (Å²) in [4.78, 5) is 15.4. The van der Waals surface area contributed by atoms with E-state index in [0.29, 0.717) is 15.7 Å². The second-order valence-corrected chi connectivity index (χ2v) is 5.89. The highest BCUT2D eigenvalue weighted by Gasteiger charge is 2.10. The van der Waals surface area contributed by atoms with Gasteiger partial charge < -0.3 is 15.0 Å². The number of aromatic nitrogens is 1. The van der Waals surface area contributed by atoms with Crippen molar-refractivity contribution in [2.75, 3.05) is 12.4 Å². The Hall–Kier alpha value is -2.17. The zero-order valence-corrected chi connectivity index (χ0v) is 13.8. The van der Waals surface area contributed by atoms with E-state index in [9.17, 15) is 4.79 Å². The molecule has 3 rings (SSSR count). The van der Waals surface area contributed by atoms with Crippen molar-refractivity contribution in [3.05, 3.63) is 58.2 Å². The van der Waals surface area contributed by atoms with E-state index in [4.69, 9.17) is 27.9 Å². The number of nitrogens with one attached hydrogen (secondary N) is 2. The first kappa shape index (κ1) is 15.7. The van der Waals surface area contributed by atoms with Gasteiger partial charge in [-0.2, -0.15) is 0 Å². The van der Waals surface area contributed by atoms with E-state index < -0.39 is 0 Å².